The van der Waals surface area contributed by atoms with Gasteiger partial charge in [-0.1, -0.05) is 24.3 Å². The van der Waals surface area contributed by atoms with Gasteiger partial charge in [-0.05, 0) is 35.9 Å². The number of amides is 1. The minimum Gasteiger partial charge on any atom is -0.455 e. The third-order valence-corrected chi connectivity index (χ3v) is 4.54. The van der Waals surface area contributed by atoms with Gasteiger partial charge in [0, 0.05) is 17.1 Å². The number of ether oxygens (including phenoxy) is 1. The van der Waals surface area contributed by atoms with Crippen molar-refractivity contribution in [1.29, 1.82) is 0 Å². The van der Waals surface area contributed by atoms with Crippen LogP contribution in [0.25, 0.3) is 0 Å². The quantitative estimate of drug-likeness (QED) is 0.815. The second-order valence-electron chi connectivity index (χ2n) is 5.19. The molecule has 0 radical (unpaired) electrons. The van der Waals surface area contributed by atoms with Crippen molar-refractivity contribution in [3.63, 3.8) is 0 Å². The summed E-state index contributed by atoms with van der Waals surface area (Å²) in [5.74, 6) is -0.521. The van der Waals surface area contributed by atoms with Gasteiger partial charge >= 0.3 is 5.97 Å². The molecule has 0 atom stereocenters. The zero-order valence-corrected chi connectivity index (χ0v) is 13.0. The number of hydrogen-bond donors (Lipinski definition) is 0. The van der Waals surface area contributed by atoms with Crippen LogP contribution in [0.4, 0.5) is 5.69 Å². The summed E-state index contributed by atoms with van der Waals surface area (Å²) in [6, 6.07) is 11.7. The number of esters is 1. The molecule has 0 spiro atoms. The zero-order chi connectivity index (χ0) is 15.4. The molecule has 114 valence electrons. The maximum absolute atomic E-state index is 12.3. The molecule has 1 aliphatic heterocycles. The van der Waals surface area contributed by atoms with E-state index in [0.717, 1.165) is 23.4 Å². The fraction of sp³-hybridized carbons (Fsp3) is 0.294. The van der Waals surface area contributed by atoms with Gasteiger partial charge in [-0.15, -0.1) is 11.3 Å². The smallest absolute Gasteiger partial charge is 0.311 e. The van der Waals surface area contributed by atoms with Gasteiger partial charge in [0.05, 0.1) is 6.42 Å². The van der Waals surface area contributed by atoms with Crippen molar-refractivity contribution in [2.75, 3.05) is 18.1 Å². The first-order valence-electron chi connectivity index (χ1n) is 7.30. The minimum absolute atomic E-state index is 0.160. The van der Waals surface area contributed by atoms with Crippen LogP contribution in [0.1, 0.15) is 16.9 Å². The molecule has 1 aliphatic rings. The van der Waals surface area contributed by atoms with E-state index in [9.17, 15) is 9.59 Å². The lowest BCUT2D eigenvalue weighted by Crippen LogP contribution is -2.38. The maximum Gasteiger partial charge on any atom is 0.311 e. The number of hydrogen-bond acceptors (Lipinski definition) is 4. The molecule has 0 saturated heterocycles. The normalized spacial score (nSPS) is 13.5. The van der Waals surface area contributed by atoms with Crippen LogP contribution < -0.4 is 4.90 Å². The van der Waals surface area contributed by atoms with E-state index in [1.54, 1.807) is 4.90 Å². The van der Waals surface area contributed by atoms with Crippen LogP contribution in [0, 0.1) is 0 Å². The van der Waals surface area contributed by atoms with E-state index in [4.69, 9.17) is 4.74 Å². The van der Waals surface area contributed by atoms with E-state index in [1.807, 2.05) is 41.8 Å². The summed E-state index contributed by atoms with van der Waals surface area (Å²) < 4.78 is 5.12. The molecular formula is C17H17NO3S. The number of thiophene rings is 1. The van der Waals surface area contributed by atoms with Crippen LogP contribution in [-0.4, -0.2) is 25.0 Å². The van der Waals surface area contributed by atoms with Crippen LogP contribution >= 0.6 is 11.3 Å². The van der Waals surface area contributed by atoms with Crippen LogP contribution in [0.3, 0.4) is 0 Å². The molecule has 2 heterocycles. The monoisotopic (exact) mass is 315 g/mol. The largest absolute Gasteiger partial charge is 0.455 e. The highest BCUT2D eigenvalue weighted by molar-refractivity contribution is 7.10. The lowest BCUT2D eigenvalue weighted by molar-refractivity contribution is -0.147. The van der Waals surface area contributed by atoms with Crippen molar-refractivity contribution < 1.29 is 14.3 Å². The molecule has 1 amide bonds. The molecule has 4 nitrogen and oxygen atoms in total. The number of fused-ring (bicyclic) bond motifs is 1. The molecule has 1 aromatic heterocycles. The minimum atomic E-state index is -0.360. The molecule has 0 fully saturated rings. The number of rotatable bonds is 4. The van der Waals surface area contributed by atoms with Gasteiger partial charge in [-0.3, -0.25) is 9.59 Å². The molecule has 1 aromatic carbocycles. The van der Waals surface area contributed by atoms with Crippen LogP contribution in [0.5, 0.6) is 0 Å². The van der Waals surface area contributed by atoms with E-state index < -0.39 is 0 Å². The molecule has 0 unspecified atom stereocenters. The molecule has 22 heavy (non-hydrogen) atoms. The predicted molar refractivity (Wildman–Crippen MR) is 86.1 cm³/mol. The Morgan fingerprint density at radius 2 is 2.05 bits per heavy atom. The molecule has 0 saturated carbocycles. The number of anilines is 1. The number of aryl methyl sites for hydroxylation is 1. The van der Waals surface area contributed by atoms with Gasteiger partial charge in [0.15, 0.2) is 6.61 Å². The van der Waals surface area contributed by atoms with Gasteiger partial charge < -0.3 is 9.64 Å². The lowest BCUT2D eigenvalue weighted by Gasteiger charge is -2.29. The first-order valence-corrected chi connectivity index (χ1v) is 8.18. The van der Waals surface area contributed by atoms with Crippen LogP contribution in [-0.2, 0) is 27.2 Å². The highest BCUT2D eigenvalue weighted by atomic mass is 32.1. The van der Waals surface area contributed by atoms with Gasteiger partial charge in [0.25, 0.3) is 5.91 Å². The van der Waals surface area contributed by atoms with Gasteiger partial charge in [-0.2, -0.15) is 0 Å². The number of carbonyl (C=O) groups excluding carboxylic acids is 2. The fourth-order valence-corrected chi connectivity index (χ4v) is 3.31. The Morgan fingerprint density at radius 3 is 2.86 bits per heavy atom. The third kappa shape index (κ3) is 3.36. The Balaban J connectivity index is 1.57. The second-order valence-corrected chi connectivity index (χ2v) is 6.23. The van der Waals surface area contributed by atoms with E-state index >= 15 is 0 Å². The van der Waals surface area contributed by atoms with E-state index in [-0.39, 0.29) is 24.9 Å². The first kappa shape index (κ1) is 14.8. The van der Waals surface area contributed by atoms with Crippen molar-refractivity contribution in [2.24, 2.45) is 0 Å². The average molecular weight is 315 g/mol. The molecule has 0 aliphatic carbocycles. The lowest BCUT2D eigenvalue weighted by atomic mass is 10.0. The van der Waals surface area contributed by atoms with E-state index in [2.05, 4.69) is 0 Å². The van der Waals surface area contributed by atoms with Gasteiger partial charge in [0.2, 0.25) is 0 Å². The van der Waals surface area contributed by atoms with Gasteiger partial charge in [0.1, 0.15) is 0 Å². The standard InChI is InChI=1S/C17H17NO3S/c19-16(12-21-17(20)11-14-7-4-10-22-14)18-9-3-6-13-5-1-2-8-15(13)18/h1-2,4-5,7-8,10H,3,6,9,11-12H2. The van der Waals surface area contributed by atoms with Crippen molar-refractivity contribution in [3.8, 4) is 0 Å². The Labute approximate surface area is 133 Å². The highest BCUT2D eigenvalue weighted by Crippen LogP contribution is 2.26. The van der Waals surface area contributed by atoms with Crippen molar-refractivity contribution in [2.45, 2.75) is 19.3 Å². The van der Waals surface area contributed by atoms with E-state index in [0.29, 0.717) is 6.54 Å². The summed E-state index contributed by atoms with van der Waals surface area (Å²) in [6.07, 6.45) is 2.14. The Morgan fingerprint density at radius 1 is 1.18 bits per heavy atom. The van der Waals surface area contributed by atoms with Crippen LogP contribution in [0.2, 0.25) is 0 Å². The molecule has 3 rings (SSSR count). The number of para-hydroxylation sites is 1. The summed E-state index contributed by atoms with van der Waals surface area (Å²) in [7, 11) is 0. The predicted octanol–water partition coefficient (Wildman–Crippen LogP) is 2.81. The van der Waals surface area contributed by atoms with Gasteiger partial charge in [-0.25, -0.2) is 0 Å². The molecule has 5 heteroatoms. The summed E-state index contributed by atoms with van der Waals surface area (Å²) in [6.45, 7) is 0.483. The second kappa shape index (κ2) is 6.75. The summed E-state index contributed by atoms with van der Waals surface area (Å²) in [4.78, 5) is 26.7. The summed E-state index contributed by atoms with van der Waals surface area (Å²) >= 11 is 1.51. The van der Waals surface area contributed by atoms with Crippen molar-refractivity contribution in [3.05, 3.63) is 52.2 Å². The number of carbonyl (C=O) groups is 2. The van der Waals surface area contributed by atoms with E-state index in [1.165, 1.54) is 16.9 Å². The Kier molecular flexibility index (Phi) is 4.53. The first-order chi connectivity index (χ1) is 10.7. The number of benzene rings is 1. The summed E-state index contributed by atoms with van der Waals surface area (Å²) in [5, 5.41) is 1.92. The topological polar surface area (TPSA) is 46.6 Å². The molecule has 0 bridgehead atoms. The number of nitrogens with zero attached hydrogens (tertiary/aromatic N) is 1. The Bertz CT molecular complexity index is 666. The van der Waals surface area contributed by atoms with Crippen LogP contribution in [0.15, 0.2) is 41.8 Å². The van der Waals surface area contributed by atoms with Crippen molar-refractivity contribution >= 4 is 28.9 Å². The fourth-order valence-electron chi connectivity index (χ4n) is 2.62. The SMILES string of the molecule is O=C(Cc1cccs1)OCC(=O)N1CCCc2ccccc21. The summed E-state index contributed by atoms with van der Waals surface area (Å²) in [5.41, 5.74) is 2.11. The average Bonchev–Trinajstić information content (AvgIpc) is 3.05. The highest BCUT2D eigenvalue weighted by Gasteiger charge is 2.23. The Hall–Kier alpha value is -2.14. The molecule has 2 aromatic rings. The molecule has 0 N–H and O–H groups in total. The zero-order valence-electron chi connectivity index (χ0n) is 12.2. The third-order valence-electron chi connectivity index (χ3n) is 3.67. The van der Waals surface area contributed by atoms with Crippen molar-refractivity contribution in [1.82, 2.24) is 0 Å². The molecular weight excluding hydrogens is 298 g/mol. The maximum atomic E-state index is 12.3.